The Labute approximate surface area is 484 Å². The molecule has 2 saturated heterocycles. The molecule has 2 aliphatic rings. The third-order valence-corrected chi connectivity index (χ3v) is 20.2. The number of nitrogens with one attached hydrogen (secondary N) is 2. The molecule has 1 aromatic heterocycles. The Bertz CT molecular complexity index is 3670. The van der Waals surface area contributed by atoms with Gasteiger partial charge in [0.05, 0.1) is 27.1 Å². The van der Waals surface area contributed by atoms with Crippen LogP contribution in [0.15, 0.2) is 135 Å². The number of hydrogen-bond donors (Lipinski definition) is 4. The molecular weight excluding hydrogens is 1190 g/mol. The Hall–Kier alpha value is -5.63. The predicted molar refractivity (Wildman–Crippen MR) is 311 cm³/mol. The maximum atomic E-state index is 15.8. The van der Waals surface area contributed by atoms with Crippen LogP contribution in [0.25, 0.3) is 22.4 Å². The number of alkyl halides is 3. The summed E-state index contributed by atoms with van der Waals surface area (Å²) in [5, 5.41) is 3.46. The fourth-order valence-electron chi connectivity index (χ4n) is 10.3. The Morgan fingerprint density at radius 2 is 1.44 bits per heavy atom. The number of ether oxygens (including phenoxy) is 1. The van der Waals surface area contributed by atoms with Gasteiger partial charge in [0.1, 0.15) is 10.7 Å². The minimum Gasteiger partial charge on any atom is -0.452 e. The molecule has 27 heteroatoms. The SMILES string of the molecule is Cc1c(S(C)(=O)=O)c(-c2cc(F)cc(N3CCN(c4ccc(NS(=O)(=O)c5ccc(N[C@H](CCN6CCC(C(=O)OCP(=O)(O)O)CC6)CSc6ccccc6)c(S(=O)(=O)C(F)(F)F)c5)cc4)CC3)c2)c(-c2ccc(Cl)cc2)n1C(C)C. The van der Waals surface area contributed by atoms with Crippen LogP contribution in [-0.4, -0.2) is 126 Å². The monoisotopic (exact) mass is 1250 g/mol. The molecule has 0 unspecified atom stereocenters. The number of likely N-dealkylation sites (tertiary alicyclic amines) is 1. The van der Waals surface area contributed by atoms with Gasteiger partial charge < -0.3 is 39.1 Å². The van der Waals surface area contributed by atoms with Crippen LogP contribution in [0, 0.1) is 18.7 Å². The zero-order chi connectivity index (χ0) is 59.5. The van der Waals surface area contributed by atoms with Crippen LogP contribution in [0.5, 0.6) is 0 Å². The molecule has 0 saturated carbocycles. The normalized spacial score (nSPS) is 15.7. The molecule has 2 aliphatic heterocycles. The summed E-state index contributed by atoms with van der Waals surface area (Å²) in [5.74, 6) is -1.64. The molecule has 8 rings (SSSR count). The highest BCUT2D eigenvalue weighted by atomic mass is 35.5. The first-order valence-electron chi connectivity index (χ1n) is 26.0. The molecule has 0 bridgehead atoms. The summed E-state index contributed by atoms with van der Waals surface area (Å²) in [5.41, 5.74) is -2.44. The third kappa shape index (κ3) is 15.0. The summed E-state index contributed by atoms with van der Waals surface area (Å²) >= 11 is 7.61. The largest absolute Gasteiger partial charge is 0.501 e. The van der Waals surface area contributed by atoms with Crippen molar-refractivity contribution in [3.05, 3.63) is 132 Å². The van der Waals surface area contributed by atoms with E-state index in [4.69, 9.17) is 26.1 Å². The maximum absolute atomic E-state index is 15.8. The lowest BCUT2D eigenvalue weighted by Crippen LogP contribution is -2.46. The van der Waals surface area contributed by atoms with Gasteiger partial charge in [0.2, 0.25) is 0 Å². The van der Waals surface area contributed by atoms with Gasteiger partial charge in [0, 0.05) is 95.1 Å². The number of carbonyl (C=O) groups is 1. The zero-order valence-electron chi connectivity index (χ0n) is 45.0. The summed E-state index contributed by atoms with van der Waals surface area (Å²) in [6, 6.07) is 28.5. The van der Waals surface area contributed by atoms with E-state index in [1.807, 2.05) is 51.3 Å². The van der Waals surface area contributed by atoms with E-state index in [0.717, 1.165) is 23.3 Å². The molecule has 442 valence electrons. The number of nitrogens with zero attached hydrogens (tertiary/aromatic N) is 4. The standard InChI is InChI=1S/C55H62ClF4N6O11PS4/c1-36(2)66-37(3)53(80(4,71)72)51(52(66)38-10-12-41(56)13-11-38)40-30-42(57)32-46(31-40)65-28-26-64(27-29-65)45-16-14-43(15-17-45)62-82(75,76)48-18-19-49(50(33-48)81(73,74)55(58,59)60)61-44(34-79-47-8-6-5-7-9-47)22-25-63-23-20-39(21-24-63)54(67)77-35-78(68,69)70/h5-19,30-33,36,39,44,61-62H,20-29,34-35H2,1-4H3,(H2,68,69,70)/t44-/m1/s1. The minimum absolute atomic E-state index is 0.0325. The molecule has 1 atom stereocenters. The van der Waals surface area contributed by atoms with Gasteiger partial charge in [-0.15, -0.1) is 11.8 Å². The average Bonchev–Trinajstić information content (AvgIpc) is 2.11. The van der Waals surface area contributed by atoms with Gasteiger partial charge >= 0.3 is 19.1 Å². The van der Waals surface area contributed by atoms with Crippen LogP contribution < -0.4 is 19.8 Å². The van der Waals surface area contributed by atoms with Crippen LogP contribution in [0.2, 0.25) is 5.02 Å². The summed E-state index contributed by atoms with van der Waals surface area (Å²) in [4.78, 5) is 35.5. The van der Waals surface area contributed by atoms with Crippen LogP contribution >= 0.6 is 31.0 Å². The number of hydrogen-bond acceptors (Lipinski definition) is 14. The van der Waals surface area contributed by atoms with Gasteiger partial charge in [0.25, 0.3) is 19.9 Å². The number of carbonyl (C=O) groups excluding carboxylic acids is 1. The molecule has 6 aromatic rings. The second kappa shape index (κ2) is 25.3. The molecular formula is C55H62ClF4N6O11PS4. The number of benzene rings is 5. The number of thioether (sulfide) groups is 1. The van der Waals surface area contributed by atoms with E-state index in [0.29, 0.717) is 109 Å². The minimum atomic E-state index is -6.14. The Balaban J connectivity index is 0.966. The van der Waals surface area contributed by atoms with Crippen molar-refractivity contribution in [2.24, 2.45) is 5.92 Å². The molecule has 0 amide bonds. The second-order valence-corrected chi connectivity index (χ2v) is 29.1. The van der Waals surface area contributed by atoms with Gasteiger partial charge in [0.15, 0.2) is 16.2 Å². The highest BCUT2D eigenvalue weighted by Crippen LogP contribution is 2.45. The molecule has 82 heavy (non-hydrogen) atoms. The number of sulfonamides is 1. The van der Waals surface area contributed by atoms with Crippen molar-refractivity contribution >= 4 is 89.4 Å². The number of anilines is 4. The molecule has 17 nitrogen and oxygen atoms in total. The summed E-state index contributed by atoms with van der Waals surface area (Å²) < 4.78 is 161. The number of piperazine rings is 1. The van der Waals surface area contributed by atoms with E-state index >= 15 is 4.39 Å². The van der Waals surface area contributed by atoms with E-state index in [1.54, 1.807) is 61.5 Å². The van der Waals surface area contributed by atoms with Gasteiger partial charge in [-0.05, 0) is 149 Å². The van der Waals surface area contributed by atoms with Crippen molar-refractivity contribution in [1.29, 1.82) is 0 Å². The third-order valence-electron chi connectivity index (χ3n) is 14.2. The fourth-order valence-corrected chi connectivity index (χ4v) is 15.0. The lowest BCUT2D eigenvalue weighted by Gasteiger charge is -2.37. The van der Waals surface area contributed by atoms with E-state index < -0.39 is 88.4 Å². The first-order chi connectivity index (χ1) is 38.5. The Morgan fingerprint density at radius 3 is 2.02 bits per heavy atom. The topological polar surface area (TPSA) is 225 Å². The smallest absolute Gasteiger partial charge is 0.452 e. The van der Waals surface area contributed by atoms with Crippen LogP contribution in [-0.2, 0) is 43.8 Å². The molecule has 0 spiro atoms. The van der Waals surface area contributed by atoms with E-state index in [1.165, 1.54) is 36.0 Å². The first-order valence-corrected chi connectivity index (χ1v) is 34.0. The number of halogens is 5. The molecule has 5 aromatic carbocycles. The van der Waals surface area contributed by atoms with Gasteiger partial charge in [-0.2, -0.15) is 13.2 Å². The highest BCUT2D eigenvalue weighted by Gasteiger charge is 2.48. The Kier molecular flexibility index (Phi) is 19.3. The lowest BCUT2D eigenvalue weighted by atomic mass is 9.97. The van der Waals surface area contributed by atoms with Gasteiger partial charge in [-0.3, -0.25) is 14.1 Å². The molecule has 2 fully saturated rings. The molecule has 4 N–H and O–H groups in total. The highest BCUT2D eigenvalue weighted by molar-refractivity contribution is 7.99. The van der Waals surface area contributed by atoms with Crippen molar-refractivity contribution in [2.75, 3.05) is 84.0 Å². The van der Waals surface area contributed by atoms with Crippen molar-refractivity contribution < 1.29 is 66.7 Å². The van der Waals surface area contributed by atoms with E-state index in [9.17, 15) is 47.8 Å². The second-order valence-electron chi connectivity index (χ2n) is 20.4. The summed E-state index contributed by atoms with van der Waals surface area (Å²) in [6.07, 6.45) is 1.02. The van der Waals surface area contributed by atoms with Gasteiger partial charge in [-0.25, -0.2) is 29.6 Å². The van der Waals surface area contributed by atoms with Crippen LogP contribution in [0.4, 0.5) is 40.3 Å². The summed E-state index contributed by atoms with van der Waals surface area (Å²) in [6.45, 7) is 8.48. The number of esters is 1. The van der Waals surface area contributed by atoms with Crippen molar-refractivity contribution in [3.8, 4) is 22.4 Å². The molecule has 0 aliphatic carbocycles. The number of rotatable bonds is 21. The van der Waals surface area contributed by atoms with E-state index in [-0.39, 0.29) is 28.8 Å². The van der Waals surface area contributed by atoms with Crippen molar-refractivity contribution in [1.82, 2.24) is 9.47 Å². The number of sulfone groups is 2. The summed E-state index contributed by atoms with van der Waals surface area (Å²) in [7, 11) is -19.2. The zero-order valence-corrected chi connectivity index (χ0v) is 49.9. The van der Waals surface area contributed by atoms with Gasteiger partial charge in [-0.1, -0.05) is 41.9 Å². The number of piperidine rings is 1. The van der Waals surface area contributed by atoms with Crippen LogP contribution in [0.3, 0.4) is 0 Å². The predicted octanol–water partition coefficient (Wildman–Crippen LogP) is 10.7. The van der Waals surface area contributed by atoms with Crippen LogP contribution in [0.1, 0.15) is 44.8 Å². The Morgan fingerprint density at radius 1 is 0.817 bits per heavy atom. The number of aromatic nitrogens is 1. The van der Waals surface area contributed by atoms with E-state index in [2.05, 4.69) is 10.0 Å². The average molecular weight is 1250 g/mol. The maximum Gasteiger partial charge on any atom is 0.501 e. The molecule has 0 radical (unpaired) electrons. The lowest BCUT2D eigenvalue weighted by molar-refractivity contribution is -0.148. The first kappa shape index (κ1) is 62.4. The fraction of sp³-hybridized carbons (Fsp3) is 0.364. The van der Waals surface area contributed by atoms with Crippen molar-refractivity contribution in [2.45, 2.75) is 77.2 Å². The van der Waals surface area contributed by atoms with Crippen molar-refractivity contribution in [3.63, 3.8) is 0 Å². The molecule has 3 heterocycles. The quantitative estimate of drug-likeness (QED) is 0.0228.